The molecule has 1 unspecified atom stereocenters. The lowest BCUT2D eigenvalue weighted by Crippen LogP contribution is -2.33. The highest BCUT2D eigenvalue weighted by atomic mass is 16.5. The summed E-state index contributed by atoms with van der Waals surface area (Å²) in [4.78, 5) is 25.2. The molecule has 0 heterocycles. The summed E-state index contributed by atoms with van der Waals surface area (Å²) in [5, 5.41) is 9.61. The number of nitriles is 1. The van der Waals surface area contributed by atoms with Gasteiger partial charge in [-0.25, -0.2) is 0 Å². The number of ketones is 2. The summed E-state index contributed by atoms with van der Waals surface area (Å²) in [7, 11) is 1.57. The molecule has 0 saturated heterocycles. The van der Waals surface area contributed by atoms with E-state index >= 15 is 0 Å². The zero-order valence-corrected chi connectivity index (χ0v) is 20.4. The van der Waals surface area contributed by atoms with Crippen LogP contribution in [0.15, 0.2) is 48.5 Å². The molecule has 2 rings (SSSR count). The topological polar surface area (TPSA) is 67.2 Å². The first-order valence-corrected chi connectivity index (χ1v) is 11.1. The van der Waals surface area contributed by atoms with Crippen molar-refractivity contribution in [3.05, 3.63) is 65.2 Å². The molecule has 4 nitrogen and oxygen atoms in total. The molecule has 32 heavy (non-hydrogen) atoms. The zero-order valence-electron chi connectivity index (χ0n) is 20.4. The quantitative estimate of drug-likeness (QED) is 0.303. The third kappa shape index (κ3) is 5.85. The minimum absolute atomic E-state index is 0.164. The Kier molecular flexibility index (Phi) is 8.02. The second kappa shape index (κ2) is 10.1. The molecule has 0 radical (unpaired) electrons. The summed E-state index contributed by atoms with van der Waals surface area (Å²) in [5.41, 5.74) is 1.57. The van der Waals surface area contributed by atoms with Crippen molar-refractivity contribution in [2.45, 2.75) is 60.3 Å². The van der Waals surface area contributed by atoms with Gasteiger partial charge in [-0.1, -0.05) is 52.0 Å². The van der Waals surface area contributed by atoms with Crippen molar-refractivity contribution >= 4 is 11.6 Å². The van der Waals surface area contributed by atoms with Crippen LogP contribution >= 0.6 is 0 Å². The number of ether oxygens (including phenoxy) is 1. The van der Waals surface area contributed by atoms with Crippen molar-refractivity contribution in [2.24, 2.45) is 16.7 Å². The normalized spacial score (nSPS) is 12.8. The van der Waals surface area contributed by atoms with E-state index in [2.05, 4.69) is 33.8 Å². The van der Waals surface area contributed by atoms with E-state index in [-0.39, 0.29) is 29.3 Å². The van der Waals surface area contributed by atoms with Crippen LogP contribution in [0.4, 0.5) is 0 Å². The third-order valence-corrected chi connectivity index (χ3v) is 6.90. The molecule has 0 amide bonds. The van der Waals surface area contributed by atoms with Crippen molar-refractivity contribution in [1.29, 1.82) is 5.26 Å². The number of hydrogen-bond donors (Lipinski definition) is 0. The van der Waals surface area contributed by atoms with E-state index in [9.17, 15) is 14.9 Å². The molecule has 0 aliphatic heterocycles. The summed E-state index contributed by atoms with van der Waals surface area (Å²) in [6, 6.07) is 16.9. The molecule has 0 spiro atoms. The van der Waals surface area contributed by atoms with E-state index in [4.69, 9.17) is 4.74 Å². The highest BCUT2D eigenvalue weighted by molar-refractivity contribution is 6.13. The Morgan fingerprint density at radius 1 is 0.906 bits per heavy atom. The van der Waals surface area contributed by atoms with E-state index in [1.807, 2.05) is 38.1 Å². The summed E-state index contributed by atoms with van der Waals surface area (Å²) >= 11 is 0. The fourth-order valence-electron chi connectivity index (χ4n) is 3.74. The van der Waals surface area contributed by atoms with Gasteiger partial charge in [-0.05, 0) is 67.3 Å². The second-order valence-corrected chi connectivity index (χ2v) is 10.0. The van der Waals surface area contributed by atoms with Gasteiger partial charge in [-0.2, -0.15) is 5.26 Å². The van der Waals surface area contributed by atoms with Crippen LogP contribution in [0.5, 0.6) is 5.75 Å². The number of nitrogens with zero attached hydrogens (tertiary/aromatic N) is 1. The number of carbonyl (C=O) groups is 2. The molecule has 170 valence electrons. The average molecular weight is 434 g/mol. The predicted octanol–water partition coefficient (Wildman–Crippen LogP) is 6.86. The van der Waals surface area contributed by atoms with Crippen LogP contribution in [0.25, 0.3) is 0 Å². The van der Waals surface area contributed by atoms with Crippen LogP contribution in [-0.2, 0) is 0 Å². The maximum Gasteiger partial charge on any atom is 0.170 e. The fourth-order valence-corrected chi connectivity index (χ4v) is 3.74. The van der Waals surface area contributed by atoms with E-state index in [0.29, 0.717) is 22.8 Å². The fraction of sp³-hybridized carbons (Fsp3) is 0.464. The molecule has 2 aromatic carbocycles. The maximum atomic E-state index is 12.7. The highest BCUT2D eigenvalue weighted by Crippen LogP contribution is 2.46. The smallest absolute Gasteiger partial charge is 0.170 e. The van der Waals surface area contributed by atoms with Crippen LogP contribution in [-0.4, -0.2) is 18.7 Å². The van der Waals surface area contributed by atoms with E-state index in [0.717, 1.165) is 12.0 Å². The first-order chi connectivity index (χ1) is 14.9. The summed E-state index contributed by atoms with van der Waals surface area (Å²) in [6.07, 6.45) is 0.706. The third-order valence-electron chi connectivity index (χ3n) is 6.90. The Labute approximate surface area is 192 Å². The lowest BCUT2D eigenvalue weighted by molar-refractivity contribution is 0.0894. The Morgan fingerprint density at radius 3 is 1.78 bits per heavy atom. The Bertz CT molecular complexity index is 977. The number of rotatable bonds is 10. The van der Waals surface area contributed by atoms with Crippen molar-refractivity contribution in [2.75, 3.05) is 7.11 Å². The minimum Gasteiger partial charge on any atom is -0.497 e. The number of methoxy groups -OCH3 is 1. The van der Waals surface area contributed by atoms with Crippen molar-refractivity contribution in [3.63, 3.8) is 0 Å². The van der Waals surface area contributed by atoms with Crippen molar-refractivity contribution in [1.82, 2.24) is 0 Å². The van der Waals surface area contributed by atoms with Crippen LogP contribution in [0.1, 0.15) is 86.6 Å². The van der Waals surface area contributed by atoms with Crippen LogP contribution in [0.3, 0.4) is 0 Å². The molecule has 0 N–H and O–H groups in total. The molecule has 1 atom stereocenters. The molecule has 0 fully saturated rings. The number of carbonyl (C=O) groups excluding carboxylic acids is 2. The van der Waals surface area contributed by atoms with Gasteiger partial charge in [-0.3, -0.25) is 9.59 Å². The second-order valence-electron chi connectivity index (χ2n) is 10.0. The average Bonchev–Trinajstić information content (AvgIpc) is 2.77. The summed E-state index contributed by atoms with van der Waals surface area (Å²) in [6.45, 7) is 12.7. The molecule has 0 aromatic heterocycles. The molecular weight excluding hydrogens is 398 g/mol. The monoisotopic (exact) mass is 433 g/mol. The Balaban J connectivity index is 2.15. The molecular formula is C28H35NO3. The van der Waals surface area contributed by atoms with Gasteiger partial charge in [0.25, 0.3) is 0 Å². The molecule has 0 saturated carbocycles. The lowest BCUT2D eigenvalue weighted by atomic mass is 9.62. The van der Waals surface area contributed by atoms with Gasteiger partial charge in [-0.15, -0.1) is 0 Å². The van der Waals surface area contributed by atoms with E-state index < -0.39 is 5.41 Å². The SMILES string of the molecule is COc1ccc(C(=O)CC(=O)c2ccc(C(CC(C)(C)C(C)(C)C#N)C(C)C)cc2)cc1. The highest BCUT2D eigenvalue weighted by Gasteiger charge is 2.39. The minimum atomic E-state index is -0.447. The molecule has 4 heteroatoms. The van der Waals surface area contributed by atoms with Gasteiger partial charge in [0.15, 0.2) is 11.6 Å². The van der Waals surface area contributed by atoms with Crippen LogP contribution in [0, 0.1) is 28.1 Å². The maximum absolute atomic E-state index is 12.7. The van der Waals surface area contributed by atoms with Gasteiger partial charge in [0.2, 0.25) is 0 Å². The number of hydrogen-bond acceptors (Lipinski definition) is 4. The standard InChI is InChI=1S/C28H35NO3/c1-19(2)24(17-27(3,4)28(5,6)18-29)20-8-10-21(11-9-20)25(30)16-26(31)22-12-14-23(32-7)15-13-22/h8-15,19,24H,16-17H2,1-7H3. The summed E-state index contributed by atoms with van der Waals surface area (Å²) in [5.74, 6) is 0.931. The van der Waals surface area contributed by atoms with Gasteiger partial charge >= 0.3 is 0 Å². The van der Waals surface area contributed by atoms with E-state index in [1.165, 1.54) is 0 Å². The van der Waals surface area contributed by atoms with Crippen LogP contribution in [0.2, 0.25) is 0 Å². The lowest BCUT2D eigenvalue weighted by Gasteiger charge is -2.40. The van der Waals surface area contributed by atoms with Crippen molar-refractivity contribution in [3.8, 4) is 11.8 Å². The zero-order chi connectivity index (χ0) is 24.1. The van der Waals surface area contributed by atoms with Crippen molar-refractivity contribution < 1.29 is 14.3 Å². The number of benzene rings is 2. The first kappa shape index (κ1) is 25.3. The molecule has 0 aliphatic carbocycles. The first-order valence-electron chi connectivity index (χ1n) is 11.1. The number of Topliss-reactive ketones (excluding diaryl/α,β-unsaturated/α-hetero) is 2. The molecule has 2 aromatic rings. The Morgan fingerprint density at radius 2 is 1.38 bits per heavy atom. The van der Waals surface area contributed by atoms with Gasteiger partial charge in [0.1, 0.15) is 5.75 Å². The predicted molar refractivity (Wildman–Crippen MR) is 128 cm³/mol. The molecule has 0 bridgehead atoms. The summed E-state index contributed by atoms with van der Waals surface area (Å²) < 4.78 is 5.11. The van der Waals surface area contributed by atoms with Gasteiger partial charge in [0.05, 0.1) is 25.0 Å². The molecule has 0 aliphatic rings. The van der Waals surface area contributed by atoms with Gasteiger partial charge < -0.3 is 4.74 Å². The van der Waals surface area contributed by atoms with Crippen LogP contribution < -0.4 is 4.74 Å². The van der Waals surface area contributed by atoms with Gasteiger partial charge in [0, 0.05) is 11.1 Å². The Hall–Kier alpha value is -2.93. The van der Waals surface area contributed by atoms with E-state index in [1.54, 1.807) is 31.4 Å². The largest absolute Gasteiger partial charge is 0.497 e.